The van der Waals surface area contributed by atoms with Crippen molar-refractivity contribution in [2.45, 2.75) is 168 Å². The van der Waals surface area contributed by atoms with Crippen molar-refractivity contribution in [1.82, 2.24) is 30.7 Å². The average Bonchev–Trinajstić information content (AvgIpc) is 1.04. The van der Waals surface area contributed by atoms with E-state index in [9.17, 15) is 131 Å². The molecular weight excluding hydrogens is 1930 g/mol. The zero-order valence-corrected chi connectivity index (χ0v) is 77.6. The van der Waals surface area contributed by atoms with E-state index < -0.39 is 264 Å². The molecule has 5 aromatic rings. The third-order valence-electron chi connectivity index (χ3n) is 21.7. The molecule has 8 amide bonds. The molecule has 0 saturated carbocycles. The van der Waals surface area contributed by atoms with E-state index in [1.54, 1.807) is 20.0 Å². The maximum Gasteiger partial charge on any atom is 0.490 e. The number of hydrogen-bond acceptors (Lipinski definition) is 41. The van der Waals surface area contributed by atoms with Crippen LogP contribution in [0, 0.1) is 0 Å². The van der Waals surface area contributed by atoms with Gasteiger partial charge in [0.25, 0.3) is 35.4 Å². The Hall–Kier alpha value is -11.2. The van der Waals surface area contributed by atoms with E-state index >= 15 is 0 Å². The fraction of sp³-hybridized carbons (Fsp3) is 0.410. The normalized spacial score (nSPS) is 23.4. The van der Waals surface area contributed by atoms with E-state index in [4.69, 9.17) is 66.9 Å². The number of hydrogen-bond donors (Lipinski definition) is 17. The summed E-state index contributed by atoms with van der Waals surface area (Å²) in [6, 6.07) is 12.7. The molecule has 736 valence electrons. The lowest BCUT2D eigenvalue weighted by molar-refractivity contribution is -0.247. The third-order valence-corrected chi connectivity index (χ3v) is 23.9. The van der Waals surface area contributed by atoms with E-state index in [1.165, 1.54) is 84.4 Å². The van der Waals surface area contributed by atoms with Crippen molar-refractivity contribution in [2.75, 3.05) is 53.4 Å². The number of phenols is 4. The molecule has 5 aliphatic heterocycles. The van der Waals surface area contributed by atoms with Crippen LogP contribution >= 0.6 is 49.9 Å². The molecule has 3 fully saturated rings. The summed E-state index contributed by atoms with van der Waals surface area (Å²) in [5.41, 5.74) is 8.33. The topological polar surface area (TPSA) is 701 Å². The van der Waals surface area contributed by atoms with Gasteiger partial charge in [-0.1, -0.05) is 41.1 Å². The van der Waals surface area contributed by atoms with E-state index in [0.717, 1.165) is 34.1 Å². The summed E-state index contributed by atoms with van der Waals surface area (Å²) < 4.78 is 72.5. The summed E-state index contributed by atoms with van der Waals surface area (Å²) in [5, 5.41) is 129. The first-order chi connectivity index (χ1) is 64.1. The lowest BCUT2D eigenvalue weighted by atomic mass is 9.71. The van der Waals surface area contributed by atoms with Gasteiger partial charge in [0.15, 0.2) is 48.7 Å². The Kier molecular flexibility index (Phi) is 39.8. The van der Waals surface area contributed by atoms with Crippen LogP contribution in [0.1, 0.15) is 170 Å². The highest BCUT2D eigenvalue weighted by atomic mass is 35.5. The third kappa shape index (κ3) is 25.8. The minimum absolute atomic E-state index is 0. The maximum absolute atomic E-state index is 13.9. The number of nitrogens with one attached hydrogen (secondary N) is 2. The highest BCUT2D eigenvalue weighted by Gasteiger charge is 2.53. The Labute approximate surface area is 793 Å². The summed E-state index contributed by atoms with van der Waals surface area (Å²) in [4.78, 5) is 190. The van der Waals surface area contributed by atoms with Crippen molar-refractivity contribution in [2.24, 2.45) is 22.4 Å². The number of fused-ring (bicyclic) bond motifs is 6. The Morgan fingerprint density at radius 1 is 0.647 bits per heavy atom. The molecule has 6 heterocycles. The molecule has 44 nitrogen and oxygen atoms in total. The summed E-state index contributed by atoms with van der Waals surface area (Å²) in [7, 11) is 8.75. The number of amides is 8. The van der Waals surface area contributed by atoms with Gasteiger partial charge in [0.05, 0.1) is 112 Å². The number of hydrazine groups is 1. The molecular formula is C83H95ClF3N10O34P2S3+. The molecule has 4 aliphatic carbocycles. The molecule has 0 bridgehead atoms. The number of carbonyl (C=O) groups is 15. The number of nitrogens with two attached hydrogens (primary N) is 3. The van der Waals surface area contributed by atoms with E-state index in [2.05, 4.69) is 36.2 Å². The number of aromatic nitrogens is 1. The van der Waals surface area contributed by atoms with Gasteiger partial charge in [-0.25, -0.2) is 25.8 Å². The Morgan fingerprint density at radius 2 is 1.06 bits per heavy atom. The summed E-state index contributed by atoms with van der Waals surface area (Å²) in [6.07, 6.45) is -9.51. The molecule has 10 unspecified atom stereocenters. The summed E-state index contributed by atoms with van der Waals surface area (Å²) >= 11 is 4.31. The van der Waals surface area contributed by atoms with Crippen LogP contribution in [-0.2, 0) is 101 Å². The van der Waals surface area contributed by atoms with Crippen LogP contribution in [0.2, 0.25) is 0 Å². The standard InChI is InChI=1S/C34H36N4O13.C27H29NO11.C12H12N2O4S2.C7H9N3O3.C2HF3O2.CH4O.ClH.H2P2S/c1-14-29(43)17(35)10-24(50-14)51-19-12-34(48,20(13-39)36-37-21(40)8-9-38-22(41)6-7-23(38)42)11-16-26(19)33(47)28-27(31(16)45)30(44)15-4-3-5-18(49-2)25(15)32(28)46;1-10-22(31)13(28)6-17(38-10)39-15-8-27(36,16(30)9-29)7-12-19(15)26(35)21-20(24(12)33)23(32)11-4-3-5-14(37-2)18(11)25(21)34;15-10-4-5-11(16)14(10)18-12(17)6-8-19-20-9-3-1-2-7-13-9;8-9-5(11)3-4-10-6(12)1-2-7(10)13;3-2(4,5)1(6)7;1-2;;1-2-3/h3-7,14,17,19,24,29,39,43,45,47-48H,8-13,35H2,1-2H3,(H,37,40);3-5,10,13,15,17,22,29,31,33,35-36H,6-9,28H2,1-2H3;1-3,7H,4-6,8H2;1-2H,3-4,8H2,(H,9,11);(H,6,7);2H,1H3;1H;1H2/p+1/b36-20+;;;;;;;/t14?,17?,19-,24?,29?,34-;10?,13?,15-,17?,22?,27-;;;;;;/m00....../s1/i/hD. The number of alkyl halides is 3. The van der Waals surface area contributed by atoms with Crippen LogP contribution in [0.15, 0.2) is 95.2 Å². The number of aliphatic hydroxyl groups excluding tert-OH is 5. The number of aliphatic hydroxyl groups is 7. The second kappa shape index (κ2) is 49.2. The summed E-state index contributed by atoms with van der Waals surface area (Å²) in [6.45, 7) is 0.126. The van der Waals surface area contributed by atoms with Crippen molar-refractivity contribution >= 4 is 156 Å². The minimum atomic E-state index is -5.08. The van der Waals surface area contributed by atoms with Gasteiger partial charge < -0.3 is 106 Å². The van der Waals surface area contributed by atoms with Crippen molar-refractivity contribution in [3.63, 3.8) is 0 Å². The monoisotopic (exact) mass is 2030 g/mol. The minimum Gasteiger partial charge on any atom is -0.507 e. The lowest BCUT2D eigenvalue weighted by Crippen LogP contribution is -2.53. The van der Waals surface area contributed by atoms with E-state index in [1.807, 2.05) is 23.6 Å². The Morgan fingerprint density at radius 3 is 1.44 bits per heavy atom. The number of halogens is 4. The van der Waals surface area contributed by atoms with Gasteiger partial charge in [-0.15, -0.1) is 17.5 Å². The second-order valence-corrected chi connectivity index (χ2v) is 35.3. The number of ketones is 5. The molecule has 0 spiro atoms. The van der Waals surface area contributed by atoms with Gasteiger partial charge >= 0.3 is 19.4 Å². The number of pyridine rings is 1. The number of hydrazone groups is 1. The Balaban J connectivity index is 0.000000259. The highest BCUT2D eigenvalue weighted by molar-refractivity contribution is 8.76. The molecule has 3 saturated heterocycles. The van der Waals surface area contributed by atoms with Gasteiger partial charge in [0.1, 0.15) is 57.3 Å². The van der Waals surface area contributed by atoms with E-state index in [-0.39, 0.29) is 126 Å². The van der Waals surface area contributed by atoms with Crippen LogP contribution in [0.5, 0.6) is 34.5 Å². The number of carbonyl (C=O) groups excluding carboxylic acids is 14. The van der Waals surface area contributed by atoms with Crippen LogP contribution < -0.4 is 37.6 Å². The number of carboxylic acid groups (broad SMARTS) is 1. The number of carboxylic acids is 1. The quantitative estimate of drug-likeness (QED) is 0.00487. The number of rotatable bonds is 23. The molecule has 0 radical (unpaired) electrons. The van der Waals surface area contributed by atoms with Crippen LogP contribution in [0.25, 0.3) is 0 Å². The number of benzene rings is 4. The number of methoxy groups -OCH3 is 2. The molecule has 14 rings (SSSR count). The number of nitrogens with zero attached hydrogens (tertiary/aromatic N) is 5. The molecule has 1 aromatic heterocycles. The first kappa shape index (κ1) is 110. The fourth-order valence-corrected chi connectivity index (χ4v) is 16.9. The van der Waals surface area contributed by atoms with Crippen molar-refractivity contribution < 1.29 is 180 Å². The Bertz CT molecular complexity index is 5540. The molecule has 9 aliphatic rings. The average molecular weight is 2030 g/mol. The number of imide groups is 3. The molecule has 53 heteroatoms. The predicted molar refractivity (Wildman–Crippen MR) is 476 cm³/mol. The molecule has 20 N–H and O–H groups in total. The van der Waals surface area contributed by atoms with Gasteiger partial charge in [0, 0.05) is 166 Å². The SMILES string of the molecule is CO.COc1cccc2c1C(=O)c1c(O)c3c(c(O)c1C2=O)C[C@@](O)(/C(CO)=N/NC(=O)CCN1C(=O)C=CC1=O)C[C@@H]3OC1CC(N)C(O)C(C)O1.COc1cccc2c1C(=O)c1c(O)c3c(c(O)c1C2=O)C[C@@](O)(C(=O)CO)C[C@@H]3OC1CC(N)C(O)C(C)O1.Cl.NNC(=O)CCN1C(=O)C=CC1=O.O=C(CCSSc1ccccn1)ON1C(=O)CCC1=O.O=C(O)C(F)(F)F.[2H][P+](P)=S. The van der Waals surface area contributed by atoms with Crippen LogP contribution in [0.3, 0.4) is 0 Å². The number of hydroxylamine groups is 2. The first-order valence-electron chi connectivity index (χ1n) is 40.7. The van der Waals surface area contributed by atoms with Gasteiger partial charge in [-0.2, -0.15) is 18.3 Å². The molecule has 4 aromatic carbocycles. The van der Waals surface area contributed by atoms with E-state index in [0.29, 0.717) is 10.8 Å². The molecule has 136 heavy (non-hydrogen) atoms. The van der Waals surface area contributed by atoms with Crippen LogP contribution in [0.4, 0.5) is 13.2 Å². The van der Waals surface area contributed by atoms with Crippen molar-refractivity contribution in [3.8, 4) is 34.5 Å². The van der Waals surface area contributed by atoms with Gasteiger partial charge in [-0.05, 0) is 48.9 Å². The number of aromatic hydroxyl groups is 4. The largest absolute Gasteiger partial charge is 0.507 e. The second-order valence-electron chi connectivity index (χ2n) is 30.2. The molecule has 14 atom stereocenters. The summed E-state index contributed by atoms with van der Waals surface area (Å²) in [5.74, 6) is -8.85. The van der Waals surface area contributed by atoms with Gasteiger partial charge in [0.2, 0.25) is 23.4 Å². The van der Waals surface area contributed by atoms with Crippen molar-refractivity contribution in [3.05, 3.63) is 152 Å². The predicted octanol–water partition coefficient (Wildman–Crippen LogP) is 0.912. The number of ether oxygens (including phenoxy) is 6. The lowest BCUT2D eigenvalue weighted by Gasteiger charge is -2.43. The first-order valence-corrected chi connectivity index (χ1v) is 46.1. The number of Topliss-reactive ketones (excluding diaryl/α,β-unsaturated/α-hetero) is 1. The maximum atomic E-state index is 13.9. The smallest absolute Gasteiger partial charge is 0.490 e. The van der Waals surface area contributed by atoms with Gasteiger partial charge in [-0.3, -0.25) is 77.6 Å². The zero-order valence-electron chi connectivity index (χ0n) is 73.3. The van der Waals surface area contributed by atoms with Crippen LogP contribution in [-0.4, -0.2) is 296 Å². The zero-order chi connectivity index (χ0) is 101. The number of aliphatic carboxylic acids is 1. The van der Waals surface area contributed by atoms with Crippen molar-refractivity contribution in [1.29, 1.82) is 1.28 Å². The fourth-order valence-electron chi connectivity index (χ4n) is 15.1. The number of phenolic OH excluding ortho intramolecular Hbond substituents is 4. The highest BCUT2D eigenvalue weighted by Crippen LogP contribution is 2.55.